The maximum atomic E-state index is 12.3. The molecule has 0 unspecified atom stereocenters. The van der Waals surface area contributed by atoms with Gasteiger partial charge in [-0.1, -0.05) is 18.2 Å². The second-order valence-corrected chi connectivity index (χ2v) is 5.69. The van der Waals surface area contributed by atoms with Gasteiger partial charge in [0.1, 0.15) is 6.61 Å². The summed E-state index contributed by atoms with van der Waals surface area (Å²) < 4.78 is 12.1. The first-order valence-electron chi connectivity index (χ1n) is 6.59. The van der Waals surface area contributed by atoms with Crippen LogP contribution in [-0.4, -0.2) is 18.6 Å². The average Bonchev–Trinajstić information content (AvgIpc) is 2.49. The minimum atomic E-state index is -0.659. The molecule has 4 nitrogen and oxygen atoms in total. The summed E-state index contributed by atoms with van der Waals surface area (Å²) in [6, 6.07) is 13.1. The summed E-state index contributed by atoms with van der Waals surface area (Å²) in [6.45, 7) is 2.19. The van der Waals surface area contributed by atoms with Crippen LogP contribution in [0.4, 0.5) is 5.69 Å². The number of hydrogen-bond acceptors (Lipinski definition) is 3. The smallest absolute Gasteiger partial charge is 0.269 e. The molecule has 0 radical (unpaired) electrons. The number of carbonyl (C=O) groups excluding carboxylic acids is 1. The zero-order valence-electron chi connectivity index (χ0n) is 11.4. The highest BCUT2D eigenvalue weighted by molar-refractivity contribution is 9.10. The molecule has 0 bridgehead atoms. The van der Waals surface area contributed by atoms with E-state index in [1.165, 1.54) is 0 Å². The van der Waals surface area contributed by atoms with Crippen molar-refractivity contribution in [2.45, 2.75) is 13.0 Å². The highest BCUT2D eigenvalue weighted by atomic mass is 79.9. The van der Waals surface area contributed by atoms with Gasteiger partial charge in [-0.3, -0.25) is 4.79 Å². The van der Waals surface area contributed by atoms with E-state index in [0.29, 0.717) is 17.2 Å². The second kappa shape index (κ2) is 5.77. The van der Waals surface area contributed by atoms with Crippen molar-refractivity contribution in [3.63, 3.8) is 0 Å². The minimum Gasteiger partial charge on any atom is -0.485 e. The zero-order valence-corrected chi connectivity index (χ0v) is 13.0. The van der Waals surface area contributed by atoms with Gasteiger partial charge in [0, 0.05) is 4.47 Å². The molecular formula is C16H14BrNO3. The van der Waals surface area contributed by atoms with E-state index in [4.69, 9.17) is 9.47 Å². The third-order valence-electron chi connectivity index (χ3n) is 3.18. The number of hydrogen-bond donors (Lipinski definition) is 1. The van der Waals surface area contributed by atoms with Gasteiger partial charge in [-0.05, 0) is 52.7 Å². The summed E-state index contributed by atoms with van der Waals surface area (Å²) in [5.41, 5.74) is 1.83. The molecule has 5 heteroatoms. The number of ether oxygens (including phenoxy) is 2. The van der Waals surface area contributed by atoms with E-state index >= 15 is 0 Å². The number of rotatable bonds is 2. The highest BCUT2D eigenvalue weighted by Gasteiger charge is 2.27. The van der Waals surface area contributed by atoms with Gasteiger partial charge >= 0.3 is 0 Å². The van der Waals surface area contributed by atoms with Gasteiger partial charge in [-0.15, -0.1) is 0 Å². The Morgan fingerprint density at radius 2 is 2.00 bits per heavy atom. The third-order valence-corrected chi connectivity index (χ3v) is 3.84. The lowest BCUT2D eigenvalue weighted by Crippen LogP contribution is -2.40. The molecule has 2 aromatic carbocycles. The van der Waals surface area contributed by atoms with E-state index in [2.05, 4.69) is 21.2 Å². The van der Waals surface area contributed by atoms with Gasteiger partial charge < -0.3 is 14.8 Å². The third kappa shape index (κ3) is 3.03. The first-order chi connectivity index (χ1) is 10.1. The monoisotopic (exact) mass is 347 g/mol. The van der Waals surface area contributed by atoms with Crippen molar-refractivity contribution in [1.29, 1.82) is 0 Å². The number of aryl methyl sites for hydroxylation is 1. The number of halogens is 1. The minimum absolute atomic E-state index is 0.201. The van der Waals surface area contributed by atoms with E-state index in [1.807, 2.05) is 43.3 Å². The standard InChI is InChI=1S/C16H14BrNO3/c1-10-6-7-12(11(17)8-10)18-16(19)15-9-20-13-4-2-3-5-14(13)21-15/h2-8,15H,9H2,1H3,(H,18,19)/t15-/m1/s1. The van der Waals surface area contributed by atoms with Crippen LogP contribution in [0.5, 0.6) is 11.5 Å². The highest BCUT2D eigenvalue weighted by Crippen LogP contribution is 2.31. The summed E-state index contributed by atoms with van der Waals surface area (Å²) in [5.74, 6) is 1.03. The predicted molar refractivity (Wildman–Crippen MR) is 83.9 cm³/mol. The second-order valence-electron chi connectivity index (χ2n) is 4.84. The van der Waals surface area contributed by atoms with Crippen LogP contribution in [0.15, 0.2) is 46.9 Å². The molecule has 1 aliphatic rings. The van der Waals surface area contributed by atoms with Crippen molar-refractivity contribution in [2.75, 3.05) is 11.9 Å². The average molecular weight is 348 g/mol. The molecular weight excluding hydrogens is 334 g/mol. The van der Waals surface area contributed by atoms with Gasteiger partial charge in [0.25, 0.3) is 5.91 Å². The Morgan fingerprint density at radius 3 is 2.76 bits per heavy atom. The fourth-order valence-corrected chi connectivity index (χ4v) is 2.68. The van der Waals surface area contributed by atoms with Crippen molar-refractivity contribution in [1.82, 2.24) is 0 Å². The van der Waals surface area contributed by atoms with Crippen LogP contribution < -0.4 is 14.8 Å². The van der Waals surface area contributed by atoms with E-state index in [-0.39, 0.29) is 12.5 Å². The Bertz CT molecular complexity index is 687. The predicted octanol–water partition coefficient (Wildman–Crippen LogP) is 3.54. The molecule has 21 heavy (non-hydrogen) atoms. The Balaban J connectivity index is 1.72. The molecule has 1 N–H and O–H groups in total. The van der Waals surface area contributed by atoms with Crippen molar-refractivity contribution >= 4 is 27.5 Å². The van der Waals surface area contributed by atoms with Gasteiger partial charge in [0.05, 0.1) is 5.69 Å². The Morgan fingerprint density at radius 1 is 1.24 bits per heavy atom. The van der Waals surface area contributed by atoms with Crippen LogP contribution in [0.1, 0.15) is 5.56 Å². The maximum absolute atomic E-state index is 12.3. The van der Waals surface area contributed by atoms with Crippen molar-refractivity contribution in [2.24, 2.45) is 0 Å². The lowest BCUT2D eigenvalue weighted by molar-refractivity contribution is -0.125. The zero-order chi connectivity index (χ0) is 14.8. The molecule has 0 fully saturated rings. The van der Waals surface area contributed by atoms with Crippen molar-refractivity contribution in [3.05, 3.63) is 52.5 Å². The summed E-state index contributed by atoms with van der Waals surface area (Å²) in [5, 5.41) is 2.85. The molecule has 0 aliphatic carbocycles. The summed E-state index contributed by atoms with van der Waals surface area (Å²) >= 11 is 3.44. The van der Waals surface area contributed by atoms with Crippen molar-refractivity contribution < 1.29 is 14.3 Å². The van der Waals surface area contributed by atoms with Gasteiger partial charge in [0.2, 0.25) is 6.10 Å². The lowest BCUT2D eigenvalue weighted by atomic mass is 10.2. The number of benzene rings is 2. The number of fused-ring (bicyclic) bond motifs is 1. The van der Waals surface area contributed by atoms with Crippen LogP contribution in [0, 0.1) is 6.92 Å². The number of amides is 1. The quantitative estimate of drug-likeness (QED) is 0.903. The topological polar surface area (TPSA) is 47.6 Å². The van der Waals surface area contributed by atoms with Crippen LogP contribution in [0.3, 0.4) is 0 Å². The van der Waals surface area contributed by atoms with E-state index in [1.54, 1.807) is 6.07 Å². The molecule has 0 spiro atoms. The number of para-hydroxylation sites is 2. The maximum Gasteiger partial charge on any atom is 0.269 e. The fraction of sp³-hybridized carbons (Fsp3) is 0.188. The molecule has 1 heterocycles. The molecule has 3 rings (SSSR count). The summed E-state index contributed by atoms with van der Waals surface area (Å²) in [4.78, 5) is 12.3. The largest absolute Gasteiger partial charge is 0.485 e. The van der Waals surface area contributed by atoms with Gasteiger partial charge in [0.15, 0.2) is 11.5 Å². The SMILES string of the molecule is Cc1ccc(NC(=O)[C@H]2COc3ccccc3O2)c(Br)c1. The number of anilines is 1. The fourth-order valence-electron chi connectivity index (χ4n) is 2.08. The summed E-state index contributed by atoms with van der Waals surface area (Å²) in [7, 11) is 0. The normalized spacial score (nSPS) is 16.4. The summed E-state index contributed by atoms with van der Waals surface area (Å²) in [6.07, 6.45) is -0.659. The van der Waals surface area contributed by atoms with Gasteiger partial charge in [-0.25, -0.2) is 0 Å². The number of carbonyl (C=O) groups is 1. The van der Waals surface area contributed by atoms with Crippen LogP contribution >= 0.6 is 15.9 Å². The number of nitrogens with one attached hydrogen (secondary N) is 1. The van der Waals surface area contributed by atoms with Crippen LogP contribution in [0.2, 0.25) is 0 Å². The van der Waals surface area contributed by atoms with Gasteiger partial charge in [-0.2, -0.15) is 0 Å². The first kappa shape index (κ1) is 13.9. The van der Waals surface area contributed by atoms with Crippen LogP contribution in [-0.2, 0) is 4.79 Å². The molecule has 108 valence electrons. The van der Waals surface area contributed by atoms with E-state index in [9.17, 15) is 4.79 Å². The van der Waals surface area contributed by atoms with Crippen molar-refractivity contribution in [3.8, 4) is 11.5 Å². The molecule has 2 aromatic rings. The Kier molecular flexibility index (Phi) is 3.84. The Hall–Kier alpha value is -2.01. The molecule has 1 amide bonds. The van der Waals surface area contributed by atoms with E-state index < -0.39 is 6.10 Å². The lowest BCUT2D eigenvalue weighted by Gasteiger charge is -2.25. The van der Waals surface area contributed by atoms with Crippen LogP contribution in [0.25, 0.3) is 0 Å². The molecule has 0 aromatic heterocycles. The molecule has 1 atom stereocenters. The molecule has 0 saturated heterocycles. The Labute approximate surface area is 131 Å². The first-order valence-corrected chi connectivity index (χ1v) is 7.38. The molecule has 1 aliphatic heterocycles. The molecule has 0 saturated carbocycles. The van der Waals surface area contributed by atoms with E-state index in [0.717, 1.165) is 10.0 Å².